The quantitative estimate of drug-likeness (QED) is 0.919. The number of nitrogens with one attached hydrogen (secondary N) is 1. The largest absolute Gasteiger partial charge is 0.350 e. The van der Waals surface area contributed by atoms with Gasteiger partial charge in [0.05, 0.1) is 6.54 Å². The monoisotopic (exact) mass is 316 g/mol. The molecule has 1 aromatic heterocycles. The number of fused-ring (bicyclic) bond motifs is 2. The van der Waals surface area contributed by atoms with E-state index in [0.717, 1.165) is 18.4 Å². The van der Waals surface area contributed by atoms with Crippen LogP contribution in [0, 0.1) is 17.8 Å². The lowest BCUT2D eigenvalue weighted by Gasteiger charge is -2.22. The van der Waals surface area contributed by atoms with E-state index in [1.165, 1.54) is 32.1 Å². The number of nitrogens with zero attached hydrogens (tertiary/aromatic N) is 3. The van der Waals surface area contributed by atoms with E-state index in [9.17, 15) is 9.59 Å². The number of hydrogen-bond donors (Lipinski definition) is 1. The lowest BCUT2D eigenvalue weighted by atomic mass is 9.92. The van der Waals surface area contributed by atoms with Crippen LogP contribution < -0.4 is 5.32 Å². The normalized spacial score (nSPS) is 29.5. The molecule has 2 amide bonds. The molecule has 2 heterocycles. The number of hydrogen-bond acceptors (Lipinski definition) is 3. The van der Waals surface area contributed by atoms with Crippen molar-refractivity contribution < 1.29 is 9.59 Å². The topological polar surface area (TPSA) is 67.2 Å². The van der Waals surface area contributed by atoms with Crippen molar-refractivity contribution in [3.8, 4) is 0 Å². The number of likely N-dealkylation sites (N-methyl/N-ethyl adjacent to an activating group) is 1. The van der Waals surface area contributed by atoms with E-state index in [4.69, 9.17) is 0 Å². The Hall–Kier alpha value is -1.85. The minimum absolute atomic E-state index is 0.0626. The minimum Gasteiger partial charge on any atom is -0.350 e. The minimum atomic E-state index is -0.149. The van der Waals surface area contributed by atoms with Gasteiger partial charge in [-0.3, -0.25) is 14.3 Å². The van der Waals surface area contributed by atoms with E-state index < -0.39 is 0 Å². The third-order valence-electron chi connectivity index (χ3n) is 5.98. The van der Waals surface area contributed by atoms with E-state index in [2.05, 4.69) is 10.4 Å². The second-order valence-corrected chi connectivity index (χ2v) is 7.27. The van der Waals surface area contributed by atoms with Crippen molar-refractivity contribution in [2.45, 2.75) is 38.6 Å². The number of carbonyl (C=O) groups is 2. The van der Waals surface area contributed by atoms with Crippen LogP contribution in [-0.2, 0) is 6.54 Å². The summed E-state index contributed by atoms with van der Waals surface area (Å²) in [5.41, 5.74) is 0.880. The Balaban J connectivity index is 1.40. The van der Waals surface area contributed by atoms with Gasteiger partial charge in [0.25, 0.3) is 11.8 Å². The number of amides is 2. The molecule has 6 nitrogen and oxygen atoms in total. The maximum atomic E-state index is 12.4. The molecule has 23 heavy (non-hydrogen) atoms. The standard InChI is InChI=1S/C17H24N4O2/c1-20-7-8-21-15(17(20)23)9-14(19-21)16(22)18-10-12-6-5-11-3-2-4-13(11)12/h9,11-13H,2-8,10H2,1H3,(H,18,22)/t11-,12+,13-/m0/s1. The van der Waals surface area contributed by atoms with Gasteiger partial charge in [-0.05, 0) is 37.0 Å². The van der Waals surface area contributed by atoms with Crippen LogP contribution in [0.5, 0.6) is 0 Å². The van der Waals surface area contributed by atoms with Gasteiger partial charge in [0, 0.05) is 26.2 Å². The third kappa shape index (κ3) is 2.54. The summed E-state index contributed by atoms with van der Waals surface area (Å²) < 4.78 is 1.65. The molecular weight excluding hydrogens is 292 g/mol. The van der Waals surface area contributed by atoms with Crippen molar-refractivity contribution in [1.82, 2.24) is 20.0 Å². The predicted octanol–water partition coefficient (Wildman–Crippen LogP) is 1.52. The molecule has 6 heteroatoms. The first-order chi connectivity index (χ1) is 11.1. The van der Waals surface area contributed by atoms with E-state index in [-0.39, 0.29) is 11.8 Å². The van der Waals surface area contributed by atoms with Crippen LogP contribution in [-0.4, -0.2) is 46.6 Å². The van der Waals surface area contributed by atoms with Gasteiger partial charge >= 0.3 is 0 Å². The first kappa shape index (κ1) is 14.7. The summed E-state index contributed by atoms with van der Waals surface area (Å²) >= 11 is 0. The van der Waals surface area contributed by atoms with Gasteiger partial charge < -0.3 is 10.2 Å². The highest BCUT2D eigenvalue weighted by molar-refractivity contribution is 5.98. The Labute approximate surface area is 136 Å². The highest BCUT2D eigenvalue weighted by atomic mass is 16.2. The van der Waals surface area contributed by atoms with Gasteiger partial charge in [-0.25, -0.2) is 0 Å². The molecule has 0 aromatic carbocycles. The summed E-state index contributed by atoms with van der Waals surface area (Å²) in [5, 5.41) is 7.35. The Kier molecular flexibility index (Phi) is 3.62. The SMILES string of the molecule is CN1CCn2nc(C(=O)NC[C@H]3CC[C@@H]4CCC[C@@H]43)cc2C1=O. The van der Waals surface area contributed by atoms with Crippen LogP contribution in [0.2, 0.25) is 0 Å². The Bertz CT molecular complexity index is 639. The Morgan fingerprint density at radius 3 is 3.04 bits per heavy atom. The fourth-order valence-corrected chi connectivity index (χ4v) is 4.67. The molecule has 124 valence electrons. The highest BCUT2D eigenvalue weighted by Crippen LogP contribution is 2.47. The van der Waals surface area contributed by atoms with E-state index in [0.29, 0.717) is 30.4 Å². The van der Waals surface area contributed by atoms with Gasteiger partial charge in [-0.2, -0.15) is 5.10 Å². The van der Waals surface area contributed by atoms with Crippen molar-refractivity contribution in [1.29, 1.82) is 0 Å². The second kappa shape index (κ2) is 5.65. The molecule has 0 unspecified atom stereocenters. The lowest BCUT2D eigenvalue weighted by Crippen LogP contribution is -2.37. The molecule has 3 atom stereocenters. The van der Waals surface area contributed by atoms with E-state index in [1.807, 2.05) is 0 Å². The average Bonchev–Trinajstić information content (AvgIpc) is 3.23. The number of aromatic nitrogens is 2. The van der Waals surface area contributed by atoms with Crippen LogP contribution in [0.15, 0.2) is 6.07 Å². The van der Waals surface area contributed by atoms with Crippen molar-refractivity contribution in [3.05, 3.63) is 17.5 Å². The zero-order valence-corrected chi connectivity index (χ0v) is 13.6. The highest BCUT2D eigenvalue weighted by Gasteiger charge is 2.39. The van der Waals surface area contributed by atoms with Crippen molar-refractivity contribution >= 4 is 11.8 Å². The van der Waals surface area contributed by atoms with Crippen LogP contribution in [0.25, 0.3) is 0 Å². The number of carbonyl (C=O) groups excluding carboxylic acids is 2. The van der Waals surface area contributed by atoms with Crippen LogP contribution in [0.4, 0.5) is 0 Å². The first-order valence-corrected chi connectivity index (χ1v) is 8.75. The predicted molar refractivity (Wildman–Crippen MR) is 85.1 cm³/mol. The molecule has 1 N–H and O–H groups in total. The first-order valence-electron chi connectivity index (χ1n) is 8.75. The molecule has 1 aliphatic heterocycles. The molecule has 1 aromatic rings. The molecular formula is C17H24N4O2. The van der Waals surface area contributed by atoms with Crippen LogP contribution >= 0.6 is 0 Å². The Morgan fingerprint density at radius 2 is 2.17 bits per heavy atom. The van der Waals surface area contributed by atoms with Crippen molar-refractivity contribution in [3.63, 3.8) is 0 Å². The third-order valence-corrected chi connectivity index (χ3v) is 5.98. The molecule has 2 saturated carbocycles. The van der Waals surface area contributed by atoms with E-state index in [1.54, 1.807) is 22.7 Å². The molecule has 2 aliphatic carbocycles. The molecule has 4 rings (SSSR count). The summed E-state index contributed by atoms with van der Waals surface area (Å²) in [4.78, 5) is 26.1. The zero-order chi connectivity index (χ0) is 16.0. The summed E-state index contributed by atoms with van der Waals surface area (Å²) in [6.07, 6.45) is 6.61. The van der Waals surface area contributed by atoms with Crippen molar-refractivity contribution in [2.75, 3.05) is 20.1 Å². The van der Waals surface area contributed by atoms with Crippen LogP contribution in [0.3, 0.4) is 0 Å². The lowest BCUT2D eigenvalue weighted by molar-refractivity contribution is 0.0742. The van der Waals surface area contributed by atoms with Crippen molar-refractivity contribution in [2.24, 2.45) is 17.8 Å². The molecule has 2 fully saturated rings. The molecule has 0 spiro atoms. The number of rotatable bonds is 3. The fraction of sp³-hybridized carbons (Fsp3) is 0.706. The molecule has 0 radical (unpaired) electrons. The van der Waals surface area contributed by atoms with Gasteiger partial charge in [0.1, 0.15) is 5.69 Å². The zero-order valence-electron chi connectivity index (χ0n) is 13.6. The summed E-state index contributed by atoms with van der Waals surface area (Å²) in [5.74, 6) is 2.11. The molecule has 0 saturated heterocycles. The van der Waals surface area contributed by atoms with Gasteiger partial charge in [-0.15, -0.1) is 0 Å². The van der Waals surface area contributed by atoms with Gasteiger partial charge in [-0.1, -0.05) is 12.8 Å². The van der Waals surface area contributed by atoms with Crippen LogP contribution in [0.1, 0.15) is 53.1 Å². The fourth-order valence-electron chi connectivity index (χ4n) is 4.67. The Morgan fingerprint density at radius 1 is 1.30 bits per heavy atom. The maximum absolute atomic E-state index is 12.4. The van der Waals surface area contributed by atoms with Gasteiger partial charge in [0.2, 0.25) is 0 Å². The molecule has 0 bridgehead atoms. The maximum Gasteiger partial charge on any atom is 0.271 e. The molecule has 3 aliphatic rings. The smallest absolute Gasteiger partial charge is 0.271 e. The summed E-state index contributed by atoms with van der Waals surface area (Å²) in [6.45, 7) is 2.03. The summed E-state index contributed by atoms with van der Waals surface area (Å²) in [7, 11) is 1.77. The second-order valence-electron chi connectivity index (χ2n) is 7.27. The average molecular weight is 316 g/mol. The summed E-state index contributed by atoms with van der Waals surface area (Å²) in [6, 6.07) is 1.63. The van der Waals surface area contributed by atoms with E-state index >= 15 is 0 Å². The van der Waals surface area contributed by atoms with Gasteiger partial charge in [0.15, 0.2) is 5.69 Å².